The lowest BCUT2D eigenvalue weighted by molar-refractivity contribution is -0.135. The van der Waals surface area contributed by atoms with Crippen molar-refractivity contribution in [1.29, 1.82) is 0 Å². The van der Waals surface area contributed by atoms with E-state index in [9.17, 15) is 19.2 Å². The molecule has 0 spiro atoms. The van der Waals surface area contributed by atoms with Crippen LogP contribution in [0.1, 0.15) is 23.2 Å². The number of nitrogens with two attached hydrogens (primary N) is 1. The predicted octanol–water partition coefficient (Wildman–Crippen LogP) is -0.709. The molecule has 158 valence electrons. The largest absolute Gasteiger partial charge is 0.368 e. The van der Waals surface area contributed by atoms with Gasteiger partial charge in [-0.05, 0) is 30.5 Å². The number of carbonyl (C=O) groups is 4. The lowest BCUT2D eigenvalue weighted by Crippen LogP contribution is -2.48. The van der Waals surface area contributed by atoms with Gasteiger partial charge in [0, 0.05) is 35.3 Å². The van der Waals surface area contributed by atoms with Crippen LogP contribution in [0.5, 0.6) is 0 Å². The summed E-state index contributed by atoms with van der Waals surface area (Å²) in [5.41, 5.74) is 14.3. The van der Waals surface area contributed by atoms with Crippen LogP contribution in [0.2, 0.25) is 0 Å². The van der Waals surface area contributed by atoms with E-state index in [-0.39, 0.29) is 30.3 Å². The second-order valence-corrected chi connectivity index (χ2v) is 7.18. The molecule has 2 fully saturated rings. The molecule has 0 bridgehead atoms. The smallest absolute Gasteiger partial charge is 0.251 e. The zero-order valence-corrected chi connectivity index (χ0v) is 16.1. The molecule has 0 unspecified atom stereocenters. The first-order valence-electron chi connectivity index (χ1n) is 9.44. The normalized spacial score (nSPS) is 23.0. The van der Waals surface area contributed by atoms with Crippen LogP contribution in [-0.4, -0.2) is 66.3 Å². The van der Waals surface area contributed by atoms with Crippen molar-refractivity contribution in [2.75, 3.05) is 19.6 Å². The third-order valence-electron chi connectivity index (χ3n) is 5.03. The van der Waals surface area contributed by atoms with Crippen LogP contribution < -0.4 is 21.7 Å². The van der Waals surface area contributed by atoms with Gasteiger partial charge in [-0.15, -0.1) is 0 Å². The monoisotopic (exact) mass is 414 g/mol. The third kappa shape index (κ3) is 5.04. The molecule has 12 nitrogen and oxygen atoms in total. The first-order chi connectivity index (χ1) is 14.4. The van der Waals surface area contributed by atoms with Crippen LogP contribution in [-0.2, 0) is 14.4 Å². The van der Waals surface area contributed by atoms with Gasteiger partial charge in [0.05, 0.1) is 12.6 Å². The first kappa shape index (κ1) is 21.1. The fourth-order valence-corrected chi connectivity index (χ4v) is 3.54. The lowest BCUT2D eigenvalue weighted by Gasteiger charge is -2.17. The van der Waals surface area contributed by atoms with Gasteiger partial charge in [-0.3, -0.25) is 19.2 Å². The number of rotatable bonds is 7. The molecule has 5 N–H and O–H groups in total. The molecule has 1 aromatic carbocycles. The molecule has 0 saturated carbocycles. The Morgan fingerprint density at radius 2 is 2.00 bits per heavy atom. The second kappa shape index (κ2) is 9.25. The number of primary amides is 1. The van der Waals surface area contributed by atoms with Crippen molar-refractivity contribution in [1.82, 2.24) is 20.9 Å². The van der Waals surface area contributed by atoms with Gasteiger partial charge in [-0.2, -0.15) is 0 Å². The number of nitrogens with zero attached hydrogens (tertiary/aromatic N) is 4. The quantitative estimate of drug-likeness (QED) is 0.261. The number of hydrogen-bond acceptors (Lipinski definition) is 6. The van der Waals surface area contributed by atoms with E-state index < -0.39 is 18.0 Å². The van der Waals surface area contributed by atoms with E-state index in [1.807, 2.05) is 0 Å². The zero-order valence-electron chi connectivity index (χ0n) is 16.1. The summed E-state index contributed by atoms with van der Waals surface area (Å²) in [7, 11) is 0. The molecule has 2 aliphatic heterocycles. The Morgan fingerprint density at radius 3 is 2.67 bits per heavy atom. The predicted molar refractivity (Wildman–Crippen MR) is 105 cm³/mol. The summed E-state index contributed by atoms with van der Waals surface area (Å²) in [6.07, 6.45) is 0.789. The Kier molecular flexibility index (Phi) is 6.50. The van der Waals surface area contributed by atoms with Crippen LogP contribution in [0.15, 0.2) is 29.4 Å². The molecule has 3 atom stereocenters. The molecule has 2 heterocycles. The highest BCUT2D eigenvalue weighted by molar-refractivity contribution is 5.95. The molecular weight excluding hydrogens is 392 g/mol. The van der Waals surface area contributed by atoms with Gasteiger partial charge in [0.15, 0.2) is 0 Å². The minimum absolute atomic E-state index is 0.162. The third-order valence-corrected chi connectivity index (χ3v) is 5.03. The molecule has 0 aliphatic carbocycles. The summed E-state index contributed by atoms with van der Waals surface area (Å²) >= 11 is 0. The van der Waals surface area contributed by atoms with E-state index in [0.717, 1.165) is 0 Å². The van der Waals surface area contributed by atoms with Crippen LogP contribution in [0.3, 0.4) is 0 Å². The maximum absolute atomic E-state index is 12.5. The highest BCUT2D eigenvalue weighted by Gasteiger charge is 2.36. The minimum atomic E-state index is -0.679. The molecule has 2 saturated heterocycles. The van der Waals surface area contributed by atoms with Gasteiger partial charge < -0.3 is 26.6 Å². The molecule has 4 amide bonds. The summed E-state index contributed by atoms with van der Waals surface area (Å²) < 4.78 is 0. The molecule has 2 aliphatic rings. The van der Waals surface area contributed by atoms with Crippen molar-refractivity contribution < 1.29 is 19.2 Å². The van der Waals surface area contributed by atoms with Gasteiger partial charge in [-0.1, -0.05) is 17.2 Å². The van der Waals surface area contributed by atoms with Gasteiger partial charge in [0.1, 0.15) is 6.04 Å². The molecule has 30 heavy (non-hydrogen) atoms. The van der Waals surface area contributed by atoms with Gasteiger partial charge >= 0.3 is 0 Å². The van der Waals surface area contributed by atoms with E-state index in [0.29, 0.717) is 37.2 Å². The molecular formula is C18H22N8O4. The van der Waals surface area contributed by atoms with E-state index in [2.05, 4.69) is 26.0 Å². The number of carbonyl (C=O) groups excluding carboxylic acids is 4. The van der Waals surface area contributed by atoms with Gasteiger partial charge in [-0.25, -0.2) is 0 Å². The van der Waals surface area contributed by atoms with Crippen molar-refractivity contribution in [3.63, 3.8) is 0 Å². The highest BCUT2D eigenvalue weighted by atomic mass is 16.2. The highest BCUT2D eigenvalue weighted by Crippen LogP contribution is 2.15. The molecule has 0 aromatic heterocycles. The van der Waals surface area contributed by atoms with Crippen LogP contribution >= 0.6 is 0 Å². The zero-order chi connectivity index (χ0) is 21.7. The standard InChI is InChI=1S/C18H22N8O4/c19-15(27)9-26-6-5-13(18(26)30)23-17(29)14-7-12(8-21-14)22-16(28)10-1-3-11(4-2-10)24-25-20/h1-4,12-14,21H,5-9H2,(H2,19,27)(H,22,28)(H,23,29)/t12-,13-,14+/m1/s1. The van der Waals surface area contributed by atoms with Crippen molar-refractivity contribution in [2.24, 2.45) is 10.8 Å². The SMILES string of the molecule is [N-]=[N+]=Nc1ccc(C(=O)N[C@H]2CN[C@H](C(=O)N[C@@H]3CCN(CC(N)=O)C3=O)C2)cc1. The summed E-state index contributed by atoms with van der Waals surface area (Å²) in [6, 6.07) is 4.71. The van der Waals surface area contributed by atoms with E-state index in [1.165, 1.54) is 17.0 Å². The fraction of sp³-hybridized carbons (Fsp3) is 0.444. The average Bonchev–Trinajstić information content (AvgIpc) is 3.30. The van der Waals surface area contributed by atoms with Gasteiger partial charge in [0.2, 0.25) is 17.7 Å². The van der Waals surface area contributed by atoms with Crippen molar-refractivity contribution >= 4 is 29.3 Å². The Labute approximate surface area is 171 Å². The average molecular weight is 414 g/mol. The molecule has 12 heteroatoms. The molecule has 1 aromatic rings. The maximum atomic E-state index is 12.5. The Bertz CT molecular complexity index is 896. The maximum Gasteiger partial charge on any atom is 0.251 e. The second-order valence-electron chi connectivity index (χ2n) is 7.18. The fourth-order valence-electron chi connectivity index (χ4n) is 3.54. The number of azide groups is 1. The Balaban J connectivity index is 1.48. The van der Waals surface area contributed by atoms with Crippen molar-refractivity contribution in [3.05, 3.63) is 40.3 Å². The number of hydrogen-bond donors (Lipinski definition) is 4. The number of benzene rings is 1. The van der Waals surface area contributed by atoms with Crippen LogP contribution in [0, 0.1) is 0 Å². The lowest BCUT2D eigenvalue weighted by atomic mass is 10.1. The minimum Gasteiger partial charge on any atom is -0.368 e. The first-order valence-corrected chi connectivity index (χ1v) is 9.44. The van der Waals surface area contributed by atoms with E-state index >= 15 is 0 Å². The molecule has 0 radical (unpaired) electrons. The van der Waals surface area contributed by atoms with Gasteiger partial charge in [0.25, 0.3) is 5.91 Å². The van der Waals surface area contributed by atoms with E-state index in [1.54, 1.807) is 12.1 Å². The van der Waals surface area contributed by atoms with Crippen molar-refractivity contribution in [3.8, 4) is 0 Å². The Morgan fingerprint density at radius 1 is 1.27 bits per heavy atom. The summed E-state index contributed by atoms with van der Waals surface area (Å²) in [5, 5.41) is 12.0. The van der Waals surface area contributed by atoms with E-state index in [4.69, 9.17) is 11.3 Å². The number of amides is 4. The number of likely N-dealkylation sites (tertiary alicyclic amines) is 1. The molecule has 3 rings (SSSR count). The summed E-state index contributed by atoms with van der Waals surface area (Å²) in [4.78, 5) is 52.1. The van der Waals surface area contributed by atoms with Crippen molar-refractivity contribution in [2.45, 2.75) is 31.0 Å². The Hall–Kier alpha value is -3.63. The van der Waals surface area contributed by atoms with Crippen LogP contribution in [0.4, 0.5) is 5.69 Å². The van der Waals surface area contributed by atoms with Crippen LogP contribution in [0.25, 0.3) is 10.4 Å². The topological polar surface area (TPSA) is 182 Å². The number of nitrogens with one attached hydrogen (secondary N) is 3. The summed E-state index contributed by atoms with van der Waals surface area (Å²) in [5.74, 6) is -1.55. The summed E-state index contributed by atoms with van der Waals surface area (Å²) in [6.45, 7) is 0.611.